The van der Waals surface area contributed by atoms with Gasteiger partial charge in [-0.2, -0.15) is 0 Å². The summed E-state index contributed by atoms with van der Waals surface area (Å²) in [6.07, 6.45) is 2.50. The van der Waals surface area contributed by atoms with Crippen molar-refractivity contribution < 1.29 is 4.74 Å². The number of fused-ring (bicyclic) bond motifs is 2. The van der Waals surface area contributed by atoms with Gasteiger partial charge in [0.15, 0.2) is 0 Å². The van der Waals surface area contributed by atoms with Gasteiger partial charge in [0, 0.05) is 11.0 Å². The van der Waals surface area contributed by atoms with Gasteiger partial charge in [-0.3, -0.25) is 0 Å². The summed E-state index contributed by atoms with van der Waals surface area (Å²) < 4.78 is 5.84. The summed E-state index contributed by atoms with van der Waals surface area (Å²) in [6.45, 7) is 6.75. The van der Waals surface area contributed by atoms with Crippen molar-refractivity contribution in [2.75, 3.05) is 26.2 Å². The summed E-state index contributed by atoms with van der Waals surface area (Å²) in [4.78, 5) is 2.53. The Morgan fingerprint density at radius 3 is 2.75 bits per heavy atom. The molecule has 0 radical (unpaired) electrons. The number of rotatable bonds is 1. The van der Waals surface area contributed by atoms with Crippen molar-refractivity contribution in [1.82, 2.24) is 4.90 Å². The van der Waals surface area contributed by atoms with E-state index in [-0.39, 0.29) is 0 Å². The molecular weight excluding hydrogens is 198 g/mol. The van der Waals surface area contributed by atoms with Crippen LogP contribution in [0.4, 0.5) is 0 Å². The highest BCUT2D eigenvalue weighted by atomic mass is 16.5. The molecule has 0 amide bonds. The van der Waals surface area contributed by atoms with Gasteiger partial charge in [-0.15, -0.1) is 0 Å². The van der Waals surface area contributed by atoms with Crippen LogP contribution >= 0.6 is 0 Å². The molecule has 16 heavy (non-hydrogen) atoms. The predicted molar refractivity (Wildman–Crippen MR) is 65.0 cm³/mol. The quantitative estimate of drug-likeness (QED) is 0.716. The summed E-state index contributed by atoms with van der Waals surface area (Å²) >= 11 is 0. The highest BCUT2D eigenvalue weighted by molar-refractivity contribution is 5.43. The first-order chi connectivity index (χ1) is 7.84. The van der Waals surface area contributed by atoms with Crippen molar-refractivity contribution in [3.05, 3.63) is 29.8 Å². The third kappa shape index (κ3) is 1.44. The minimum Gasteiger partial charge on any atom is -0.492 e. The average Bonchev–Trinajstić information content (AvgIpc) is 2.71. The third-order valence-electron chi connectivity index (χ3n) is 4.22. The maximum Gasteiger partial charge on any atom is 0.123 e. The monoisotopic (exact) mass is 217 g/mol. The summed E-state index contributed by atoms with van der Waals surface area (Å²) in [5.74, 6) is 1.12. The maximum absolute atomic E-state index is 5.84. The lowest BCUT2D eigenvalue weighted by atomic mass is 9.74. The Labute approximate surface area is 97.2 Å². The van der Waals surface area contributed by atoms with E-state index in [1.165, 1.54) is 38.0 Å². The zero-order chi connectivity index (χ0) is 11.0. The van der Waals surface area contributed by atoms with Gasteiger partial charge in [0.25, 0.3) is 0 Å². The lowest BCUT2D eigenvalue weighted by molar-refractivity contribution is 0.140. The van der Waals surface area contributed by atoms with E-state index in [1.807, 2.05) is 0 Å². The summed E-state index contributed by atoms with van der Waals surface area (Å²) in [5.41, 5.74) is 1.77. The van der Waals surface area contributed by atoms with E-state index in [0.29, 0.717) is 5.41 Å². The minimum atomic E-state index is 0.322. The first kappa shape index (κ1) is 10.2. The topological polar surface area (TPSA) is 12.5 Å². The highest BCUT2D eigenvalue weighted by Crippen LogP contribution is 2.45. The van der Waals surface area contributed by atoms with Gasteiger partial charge in [0.1, 0.15) is 5.75 Å². The van der Waals surface area contributed by atoms with E-state index < -0.39 is 0 Å². The number of piperidine rings is 1. The van der Waals surface area contributed by atoms with E-state index >= 15 is 0 Å². The van der Waals surface area contributed by atoms with Crippen LogP contribution in [0, 0.1) is 0 Å². The van der Waals surface area contributed by atoms with Gasteiger partial charge in [-0.05, 0) is 38.5 Å². The van der Waals surface area contributed by atoms with Crippen molar-refractivity contribution in [1.29, 1.82) is 0 Å². The molecule has 0 saturated carbocycles. The molecule has 1 aromatic carbocycles. The second kappa shape index (κ2) is 3.77. The number of ether oxygens (including phenoxy) is 1. The number of likely N-dealkylation sites (tertiary alicyclic amines) is 1. The van der Waals surface area contributed by atoms with Crippen molar-refractivity contribution in [2.24, 2.45) is 0 Å². The molecule has 0 N–H and O–H groups in total. The standard InChI is InChI=1S/C14H19NO/c1-2-15-9-7-14(8-10-15)11-16-13-6-4-3-5-12(13)14/h3-6H,2,7-11H2,1H3. The maximum atomic E-state index is 5.84. The summed E-state index contributed by atoms with van der Waals surface area (Å²) in [7, 11) is 0. The SMILES string of the molecule is CCN1CCC2(CC1)COc1ccccc12. The first-order valence-corrected chi connectivity index (χ1v) is 6.29. The molecule has 2 nitrogen and oxygen atoms in total. The zero-order valence-corrected chi connectivity index (χ0v) is 9.91. The van der Waals surface area contributed by atoms with Gasteiger partial charge >= 0.3 is 0 Å². The third-order valence-corrected chi connectivity index (χ3v) is 4.22. The fourth-order valence-corrected chi connectivity index (χ4v) is 3.04. The van der Waals surface area contributed by atoms with E-state index in [1.54, 1.807) is 0 Å². The molecule has 3 rings (SSSR count). The van der Waals surface area contributed by atoms with E-state index in [4.69, 9.17) is 4.74 Å². The van der Waals surface area contributed by atoms with Crippen molar-refractivity contribution >= 4 is 0 Å². The molecule has 1 fully saturated rings. The molecule has 0 aromatic heterocycles. The van der Waals surface area contributed by atoms with E-state index in [2.05, 4.69) is 36.1 Å². The molecule has 2 heterocycles. The number of hydrogen-bond donors (Lipinski definition) is 0. The number of benzene rings is 1. The molecule has 0 unspecified atom stereocenters. The summed E-state index contributed by atoms with van der Waals surface area (Å²) in [6, 6.07) is 8.57. The van der Waals surface area contributed by atoms with E-state index in [9.17, 15) is 0 Å². The van der Waals surface area contributed by atoms with Crippen LogP contribution in [0.1, 0.15) is 25.3 Å². The molecule has 0 bridgehead atoms. The number of para-hydroxylation sites is 1. The Morgan fingerprint density at radius 1 is 1.25 bits per heavy atom. The van der Waals surface area contributed by atoms with Crippen molar-refractivity contribution in [3.8, 4) is 5.75 Å². The minimum absolute atomic E-state index is 0.322. The normalized spacial score (nSPS) is 23.1. The van der Waals surface area contributed by atoms with Crippen LogP contribution in [0.5, 0.6) is 5.75 Å². The lowest BCUT2D eigenvalue weighted by Gasteiger charge is -2.38. The van der Waals surface area contributed by atoms with Gasteiger partial charge in [-0.25, -0.2) is 0 Å². The number of hydrogen-bond acceptors (Lipinski definition) is 2. The largest absolute Gasteiger partial charge is 0.492 e. The van der Waals surface area contributed by atoms with Crippen LogP contribution in [0.3, 0.4) is 0 Å². The fraction of sp³-hybridized carbons (Fsp3) is 0.571. The second-order valence-electron chi connectivity index (χ2n) is 5.00. The van der Waals surface area contributed by atoms with Gasteiger partial charge < -0.3 is 9.64 Å². The van der Waals surface area contributed by atoms with Gasteiger partial charge in [-0.1, -0.05) is 25.1 Å². The van der Waals surface area contributed by atoms with Crippen LogP contribution in [0.2, 0.25) is 0 Å². The van der Waals surface area contributed by atoms with Crippen LogP contribution in [-0.2, 0) is 5.41 Å². The average molecular weight is 217 g/mol. The molecule has 0 aliphatic carbocycles. The molecular formula is C14H19NO. The van der Waals surface area contributed by atoms with Crippen molar-refractivity contribution in [3.63, 3.8) is 0 Å². The molecule has 1 spiro atoms. The second-order valence-corrected chi connectivity index (χ2v) is 5.00. The van der Waals surface area contributed by atoms with Crippen LogP contribution in [0.15, 0.2) is 24.3 Å². The zero-order valence-electron chi connectivity index (χ0n) is 9.91. The molecule has 2 aliphatic rings. The smallest absolute Gasteiger partial charge is 0.123 e. The lowest BCUT2D eigenvalue weighted by Crippen LogP contribution is -2.43. The van der Waals surface area contributed by atoms with Crippen LogP contribution in [0.25, 0.3) is 0 Å². The molecule has 0 atom stereocenters. The first-order valence-electron chi connectivity index (χ1n) is 6.29. The van der Waals surface area contributed by atoms with E-state index in [0.717, 1.165) is 12.4 Å². The predicted octanol–water partition coefficient (Wildman–Crippen LogP) is 2.43. The van der Waals surface area contributed by atoms with Crippen molar-refractivity contribution in [2.45, 2.75) is 25.2 Å². The molecule has 86 valence electrons. The van der Waals surface area contributed by atoms with Gasteiger partial charge in [0.05, 0.1) is 6.61 Å². The number of nitrogens with zero attached hydrogens (tertiary/aromatic N) is 1. The van der Waals surface area contributed by atoms with Gasteiger partial charge in [0.2, 0.25) is 0 Å². The molecule has 2 heteroatoms. The Morgan fingerprint density at radius 2 is 2.00 bits per heavy atom. The van der Waals surface area contributed by atoms with Crippen LogP contribution in [-0.4, -0.2) is 31.1 Å². The molecule has 2 aliphatic heterocycles. The summed E-state index contributed by atoms with van der Waals surface area (Å²) in [5, 5.41) is 0. The van der Waals surface area contributed by atoms with Crippen LogP contribution < -0.4 is 4.74 Å². The Balaban J connectivity index is 1.87. The molecule has 1 saturated heterocycles. The fourth-order valence-electron chi connectivity index (χ4n) is 3.04. The Hall–Kier alpha value is -1.02. The molecule has 1 aromatic rings. The Kier molecular flexibility index (Phi) is 2.40. The Bertz CT molecular complexity index is 380. The highest BCUT2D eigenvalue weighted by Gasteiger charge is 2.42.